The summed E-state index contributed by atoms with van der Waals surface area (Å²) in [5.74, 6) is 3.94. The van der Waals surface area contributed by atoms with Crippen molar-refractivity contribution in [1.29, 1.82) is 0 Å². The number of aromatic nitrogens is 3. The highest BCUT2D eigenvalue weighted by Gasteiger charge is 2.23. The van der Waals surface area contributed by atoms with Gasteiger partial charge < -0.3 is 10.3 Å². The van der Waals surface area contributed by atoms with Crippen molar-refractivity contribution in [1.82, 2.24) is 14.8 Å². The molecule has 1 unspecified atom stereocenters. The van der Waals surface area contributed by atoms with Gasteiger partial charge in [0.2, 0.25) is 0 Å². The van der Waals surface area contributed by atoms with E-state index in [0.717, 1.165) is 37.7 Å². The van der Waals surface area contributed by atoms with Crippen molar-refractivity contribution in [2.75, 3.05) is 6.54 Å². The summed E-state index contributed by atoms with van der Waals surface area (Å²) in [4.78, 5) is 0. The summed E-state index contributed by atoms with van der Waals surface area (Å²) >= 11 is 0. The first kappa shape index (κ1) is 12.2. The Balaban J connectivity index is 1.61. The van der Waals surface area contributed by atoms with Crippen LogP contribution in [0.5, 0.6) is 0 Å². The van der Waals surface area contributed by atoms with Crippen molar-refractivity contribution in [2.45, 2.75) is 57.9 Å². The Kier molecular flexibility index (Phi) is 3.64. The van der Waals surface area contributed by atoms with Crippen LogP contribution in [0, 0.1) is 11.8 Å². The highest BCUT2D eigenvalue weighted by atomic mass is 15.3. The molecule has 1 atom stereocenters. The third-order valence-electron chi connectivity index (χ3n) is 4.72. The molecule has 18 heavy (non-hydrogen) atoms. The average Bonchev–Trinajstić information content (AvgIpc) is 3.05. The highest BCUT2D eigenvalue weighted by molar-refractivity contribution is 5.01. The van der Waals surface area contributed by atoms with E-state index in [2.05, 4.69) is 14.8 Å². The van der Waals surface area contributed by atoms with E-state index in [4.69, 9.17) is 5.73 Å². The molecule has 1 aliphatic heterocycles. The Morgan fingerprint density at radius 3 is 2.72 bits per heavy atom. The Hall–Kier alpha value is -0.900. The summed E-state index contributed by atoms with van der Waals surface area (Å²) in [6.07, 6.45) is 10.3. The van der Waals surface area contributed by atoms with Crippen molar-refractivity contribution in [3.05, 3.63) is 11.6 Å². The average molecular weight is 248 g/mol. The molecule has 2 heterocycles. The van der Waals surface area contributed by atoms with Crippen LogP contribution in [-0.2, 0) is 19.4 Å². The minimum Gasteiger partial charge on any atom is -0.330 e. The molecule has 1 saturated carbocycles. The molecule has 2 aliphatic rings. The van der Waals surface area contributed by atoms with E-state index in [1.807, 2.05) is 0 Å². The monoisotopic (exact) mass is 248 g/mol. The number of fused-ring (bicyclic) bond motifs is 1. The van der Waals surface area contributed by atoms with Crippen LogP contribution in [0.3, 0.4) is 0 Å². The standard InChI is InChI=1S/C14H24N4/c15-10-12-7-8-18-13(16-17-14(18)9-12)6-5-11-3-1-2-4-11/h11-12H,1-10,15H2. The summed E-state index contributed by atoms with van der Waals surface area (Å²) in [6, 6.07) is 0. The topological polar surface area (TPSA) is 56.7 Å². The lowest BCUT2D eigenvalue weighted by atomic mass is 9.97. The molecule has 1 aromatic heterocycles. The van der Waals surface area contributed by atoms with Crippen molar-refractivity contribution in [3.63, 3.8) is 0 Å². The van der Waals surface area contributed by atoms with Crippen molar-refractivity contribution >= 4 is 0 Å². The summed E-state index contributed by atoms with van der Waals surface area (Å²) in [7, 11) is 0. The van der Waals surface area contributed by atoms with E-state index in [1.165, 1.54) is 44.3 Å². The molecule has 1 fully saturated rings. The Bertz CT molecular complexity index is 392. The molecule has 0 spiro atoms. The molecular weight excluding hydrogens is 224 g/mol. The van der Waals surface area contributed by atoms with Crippen LogP contribution in [0.25, 0.3) is 0 Å². The Morgan fingerprint density at radius 2 is 1.94 bits per heavy atom. The van der Waals surface area contributed by atoms with Crippen molar-refractivity contribution in [2.24, 2.45) is 17.6 Å². The lowest BCUT2D eigenvalue weighted by molar-refractivity contribution is 0.380. The molecule has 1 aromatic rings. The fourth-order valence-electron chi connectivity index (χ4n) is 3.47. The smallest absolute Gasteiger partial charge is 0.133 e. The van der Waals surface area contributed by atoms with Gasteiger partial charge in [-0.1, -0.05) is 25.7 Å². The van der Waals surface area contributed by atoms with Gasteiger partial charge in [-0.3, -0.25) is 0 Å². The molecule has 4 nitrogen and oxygen atoms in total. The lowest BCUT2D eigenvalue weighted by Crippen LogP contribution is -2.26. The number of nitrogens with zero attached hydrogens (tertiary/aromatic N) is 3. The first-order chi connectivity index (χ1) is 8.86. The predicted molar refractivity (Wildman–Crippen MR) is 71.2 cm³/mol. The first-order valence-corrected chi connectivity index (χ1v) is 7.48. The van der Waals surface area contributed by atoms with Crippen LogP contribution < -0.4 is 5.73 Å². The maximum atomic E-state index is 5.75. The van der Waals surface area contributed by atoms with Gasteiger partial charge in [0.05, 0.1) is 0 Å². The van der Waals surface area contributed by atoms with Gasteiger partial charge in [0.25, 0.3) is 0 Å². The number of rotatable bonds is 4. The molecule has 0 radical (unpaired) electrons. The van der Waals surface area contributed by atoms with Gasteiger partial charge in [-0.2, -0.15) is 0 Å². The van der Waals surface area contributed by atoms with Gasteiger partial charge in [0.15, 0.2) is 0 Å². The molecule has 2 N–H and O–H groups in total. The normalized spacial score (nSPS) is 24.4. The molecule has 100 valence electrons. The summed E-state index contributed by atoms with van der Waals surface area (Å²) in [5, 5.41) is 8.76. The van der Waals surface area contributed by atoms with Gasteiger partial charge in [-0.15, -0.1) is 10.2 Å². The maximum absolute atomic E-state index is 5.75. The van der Waals surface area contributed by atoms with Gasteiger partial charge >= 0.3 is 0 Å². The van der Waals surface area contributed by atoms with Gasteiger partial charge in [0, 0.05) is 19.4 Å². The molecule has 0 bridgehead atoms. The van der Waals surface area contributed by atoms with E-state index >= 15 is 0 Å². The van der Waals surface area contributed by atoms with E-state index in [0.29, 0.717) is 5.92 Å². The van der Waals surface area contributed by atoms with Crippen LogP contribution in [0.4, 0.5) is 0 Å². The third kappa shape index (κ3) is 2.44. The van der Waals surface area contributed by atoms with Crippen LogP contribution in [0.15, 0.2) is 0 Å². The zero-order chi connectivity index (χ0) is 12.4. The van der Waals surface area contributed by atoms with E-state index in [1.54, 1.807) is 0 Å². The van der Waals surface area contributed by atoms with Crippen LogP contribution in [-0.4, -0.2) is 21.3 Å². The zero-order valence-corrected chi connectivity index (χ0v) is 11.1. The fourth-order valence-corrected chi connectivity index (χ4v) is 3.47. The predicted octanol–water partition coefficient (Wildman–Crippen LogP) is 1.92. The number of hydrogen-bond donors (Lipinski definition) is 1. The molecule has 4 heteroatoms. The molecular formula is C14H24N4. The Labute approximate surface area is 109 Å². The van der Waals surface area contributed by atoms with Crippen LogP contribution >= 0.6 is 0 Å². The second kappa shape index (κ2) is 5.39. The lowest BCUT2D eigenvalue weighted by Gasteiger charge is -2.22. The summed E-state index contributed by atoms with van der Waals surface area (Å²) in [6.45, 7) is 1.86. The minimum atomic E-state index is 0.615. The highest BCUT2D eigenvalue weighted by Crippen LogP contribution is 2.29. The van der Waals surface area contributed by atoms with Crippen molar-refractivity contribution < 1.29 is 0 Å². The second-order valence-electron chi connectivity index (χ2n) is 5.97. The SMILES string of the molecule is NCC1CCn2c(CCC3CCCC3)nnc2C1. The number of hydrogen-bond acceptors (Lipinski definition) is 3. The quantitative estimate of drug-likeness (QED) is 0.885. The molecule has 0 aromatic carbocycles. The summed E-state index contributed by atoms with van der Waals surface area (Å²) < 4.78 is 2.35. The summed E-state index contributed by atoms with van der Waals surface area (Å²) in [5.41, 5.74) is 5.75. The Morgan fingerprint density at radius 1 is 1.11 bits per heavy atom. The third-order valence-corrected chi connectivity index (χ3v) is 4.72. The van der Waals surface area contributed by atoms with Crippen LogP contribution in [0.2, 0.25) is 0 Å². The first-order valence-electron chi connectivity index (χ1n) is 7.48. The van der Waals surface area contributed by atoms with Gasteiger partial charge in [-0.25, -0.2) is 0 Å². The molecule has 0 saturated heterocycles. The number of aryl methyl sites for hydroxylation is 1. The van der Waals surface area contributed by atoms with Gasteiger partial charge in [0.1, 0.15) is 11.6 Å². The zero-order valence-electron chi connectivity index (χ0n) is 11.1. The van der Waals surface area contributed by atoms with E-state index < -0.39 is 0 Å². The molecule has 3 rings (SSSR count). The van der Waals surface area contributed by atoms with E-state index in [-0.39, 0.29) is 0 Å². The van der Waals surface area contributed by atoms with Crippen molar-refractivity contribution in [3.8, 4) is 0 Å². The number of nitrogens with two attached hydrogens (primary N) is 1. The molecule has 1 aliphatic carbocycles. The van der Waals surface area contributed by atoms with Gasteiger partial charge in [-0.05, 0) is 31.2 Å². The largest absolute Gasteiger partial charge is 0.330 e. The maximum Gasteiger partial charge on any atom is 0.133 e. The van der Waals surface area contributed by atoms with Crippen LogP contribution in [0.1, 0.15) is 50.2 Å². The molecule has 0 amide bonds. The van der Waals surface area contributed by atoms with E-state index in [9.17, 15) is 0 Å². The minimum absolute atomic E-state index is 0.615. The second-order valence-corrected chi connectivity index (χ2v) is 5.97. The fraction of sp³-hybridized carbons (Fsp3) is 0.857.